The van der Waals surface area contributed by atoms with Crippen molar-refractivity contribution in [1.82, 2.24) is 0 Å². The first-order chi connectivity index (χ1) is 36.0. The van der Waals surface area contributed by atoms with Crippen LogP contribution in [0, 0.1) is 0 Å². The summed E-state index contributed by atoms with van der Waals surface area (Å²) in [5, 5.41) is 0. The van der Waals surface area contributed by atoms with Gasteiger partial charge in [0.25, 0.3) is 0 Å². The summed E-state index contributed by atoms with van der Waals surface area (Å²) in [6.45, 7) is 6.52. The van der Waals surface area contributed by atoms with E-state index in [0.29, 0.717) is 19.3 Å². The minimum atomic E-state index is -0.795. The molecule has 0 N–H and O–H groups in total. The van der Waals surface area contributed by atoms with Crippen LogP contribution in [0.15, 0.2) is 72.9 Å². The van der Waals surface area contributed by atoms with E-state index in [4.69, 9.17) is 14.2 Å². The van der Waals surface area contributed by atoms with Crippen LogP contribution < -0.4 is 0 Å². The molecule has 0 aliphatic carbocycles. The van der Waals surface area contributed by atoms with Gasteiger partial charge >= 0.3 is 17.9 Å². The molecular weight excluding hydrogens is 901 g/mol. The van der Waals surface area contributed by atoms with Crippen molar-refractivity contribution in [3.8, 4) is 0 Å². The molecule has 0 aliphatic heterocycles. The smallest absolute Gasteiger partial charge is 0.306 e. The van der Waals surface area contributed by atoms with Gasteiger partial charge in [0, 0.05) is 19.3 Å². The topological polar surface area (TPSA) is 78.9 Å². The second-order valence-electron chi connectivity index (χ2n) is 20.9. The van der Waals surface area contributed by atoms with E-state index in [1.807, 2.05) is 0 Å². The number of hydrogen-bond acceptors (Lipinski definition) is 6. The highest BCUT2D eigenvalue weighted by Gasteiger charge is 2.19. The molecule has 0 aromatic heterocycles. The largest absolute Gasteiger partial charge is 0.462 e. The predicted octanol–water partition coefficient (Wildman–Crippen LogP) is 21.3. The van der Waals surface area contributed by atoms with Crippen molar-refractivity contribution in [2.45, 2.75) is 322 Å². The van der Waals surface area contributed by atoms with Crippen LogP contribution in [-0.2, 0) is 28.6 Å². The van der Waals surface area contributed by atoms with Crippen LogP contribution in [0.5, 0.6) is 0 Å². The first-order valence-corrected chi connectivity index (χ1v) is 31.4. The summed E-state index contributed by atoms with van der Waals surface area (Å²) in [6.07, 6.45) is 79.1. The summed E-state index contributed by atoms with van der Waals surface area (Å²) in [4.78, 5) is 38.3. The van der Waals surface area contributed by atoms with Crippen molar-refractivity contribution in [1.29, 1.82) is 0 Å². The van der Waals surface area contributed by atoms with Crippen molar-refractivity contribution >= 4 is 17.9 Å². The molecule has 0 rings (SSSR count). The number of hydrogen-bond donors (Lipinski definition) is 0. The second kappa shape index (κ2) is 61.4. The Bertz CT molecular complexity index is 1360. The van der Waals surface area contributed by atoms with Crippen LogP contribution in [0.25, 0.3) is 0 Å². The van der Waals surface area contributed by atoms with Crippen molar-refractivity contribution in [2.75, 3.05) is 13.2 Å². The van der Waals surface area contributed by atoms with Crippen molar-refractivity contribution in [3.05, 3.63) is 72.9 Å². The molecule has 0 fully saturated rings. The summed E-state index contributed by atoms with van der Waals surface area (Å²) < 4.78 is 16.9. The first kappa shape index (κ1) is 69.8. The van der Waals surface area contributed by atoms with Crippen molar-refractivity contribution < 1.29 is 28.6 Å². The van der Waals surface area contributed by atoms with Gasteiger partial charge < -0.3 is 14.2 Å². The van der Waals surface area contributed by atoms with Crippen LogP contribution in [-0.4, -0.2) is 37.2 Å². The normalized spacial score (nSPS) is 12.5. The molecule has 0 radical (unpaired) electrons. The van der Waals surface area contributed by atoms with E-state index < -0.39 is 6.10 Å². The van der Waals surface area contributed by atoms with Crippen molar-refractivity contribution in [2.24, 2.45) is 0 Å². The molecule has 73 heavy (non-hydrogen) atoms. The zero-order valence-electron chi connectivity index (χ0n) is 48.4. The molecule has 0 spiro atoms. The third-order valence-corrected chi connectivity index (χ3v) is 13.7. The van der Waals surface area contributed by atoms with E-state index in [-0.39, 0.29) is 31.1 Å². The molecule has 0 heterocycles. The summed E-state index contributed by atoms with van der Waals surface area (Å²) in [6, 6.07) is 0. The molecule has 0 amide bonds. The van der Waals surface area contributed by atoms with E-state index in [9.17, 15) is 14.4 Å². The molecule has 0 aliphatic rings. The molecule has 6 nitrogen and oxygen atoms in total. The van der Waals surface area contributed by atoms with E-state index in [1.54, 1.807) is 0 Å². The number of esters is 3. The standard InChI is InChI=1S/C67H118O6/c1-4-7-10-13-16-19-22-25-28-30-32-33-35-36-39-42-45-48-51-54-57-60-66(69)72-63-64(62-71-65(68)59-56-53-50-47-44-41-38-27-24-21-18-15-12-9-6-3)73-67(70)61-58-55-52-49-46-43-40-37-34-31-29-26-23-20-17-14-11-8-5-2/h9,12,18,21,26-27,29-30,32,38,44,47,64H,4-8,10-11,13-17,19-20,22-25,28,31,33-37,39-43,45-46,48-63H2,1-3H3/b12-9-,21-18-,29-26-,32-30-,38-27-,47-44-. The molecule has 422 valence electrons. The predicted molar refractivity (Wildman–Crippen MR) is 316 cm³/mol. The van der Waals surface area contributed by atoms with Crippen molar-refractivity contribution in [3.63, 3.8) is 0 Å². The SMILES string of the molecule is CC/C=C\C/C=C\C/C=C\C/C=C\CCCCC(=O)OCC(COC(=O)CCCCCCCCCCC/C=C\CCCCCCCCCC)OC(=O)CCCCCCCCCCC/C=C\CCCCCCCC. The Kier molecular flexibility index (Phi) is 58.7. The minimum absolute atomic E-state index is 0.0891. The highest BCUT2D eigenvalue weighted by atomic mass is 16.6. The average Bonchev–Trinajstić information content (AvgIpc) is 3.39. The van der Waals surface area contributed by atoms with Gasteiger partial charge in [0.1, 0.15) is 13.2 Å². The van der Waals surface area contributed by atoms with Gasteiger partial charge in [-0.1, -0.05) is 261 Å². The van der Waals surface area contributed by atoms with Gasteiger partial charge in [-0.25, -0.2) is 0 Å². The average molecular weight is 1020 g/mol. The Morgan fingerprint density at radius 3 is 0.877 bits per heavy atom. The summed E-state index contributed by atoms with van der Waals surface area (Å²) in [5.74, 6) is -0.923. The quantitative estimate of drug-likeness (QED) is 0.0261. The zero-order chi connectivity index (χ0) is 52.9. The Morgan fingerprint density at radius 1 is 0.288 bits per heavy atom. The number of carbonyl (C=O) groups excluding carboxylic acids is 3. The second-order valence-corrected chi connectivity index (χ2v) is 20.9. The van der Waals surface area contributed by atoms with E-state index in [0.717, 1.165) is 83.5 Å². The number of unbranched alkanes of at least 4 members (excludes halogenated alkanes) is 34. The van der Waals surface area contributed by atoms with Gasteiger partial charge in [-0.15, -0.1) is 0 Å². The summed E-state index contributed by atoms with van der Waals surface area (Å²) in [7, 11) is 0. The fourth-order valence-electron chi connectivity index (χ4n) is 8.95. The Hall–Kier alpha value is -3.15. The third-order valence-electron chi connectivity index (χ3n) is 13.7. The maximum atomic E-state index is 12.9. The third kappa shape index (κ3) is 59.6. The number of rotatable bonds is 57. The Labute approximate surface area is 453 Å². The highest BCUT2D eigenvalue weighted by molar-refractivity contribution is 5.71. The Balaban J connectivity index is 4.39. The summed E-state index contributed by atoms with van der Waals surface area (Å²) >= 11 is 0. The maximum Gasteiger partial charge on any atom is 0.306 e. The molecular formula is C67H118O6. The van der Waals surface area contributed by atoms with Gasteiger partial charge in [0.05, 0.1) is 0 Å². The lowest BCUT2D eigenvalue weighted by Crippen LogP contribution is -2.30. The number of allylic oxidation sites excluding steroid dienone is 12. The zero-order valence-corrected chi connectivity index (χ0v) is 48.4. The van der Waals surface area contributed by atoms with E-state index in [2.05, 4.69) is 93.7 Å². The maximum absolute atomic E-state index is 12.9. The Morgan fingerprint density at radius 2 is 0.534 bits per heavy atom. The molecule has 0 aromatic carbocycles. The van der Waals surface area contributed by atoms with Crippen LogP contribution in [0.4, 0.5) is 0 Å². The fourth-order valence-corrected chi connectivity index (χ4v) is 8.95. The molecule has 0 saturated heterocycles. The molecule has 0 aromatic rings. The van der Waals surface area contributed by atoms with Crippen LogP contribution in [0.1, 0.15) is 316 Å². The lowest BCUT2D eigenvalue weighted by Gasteiger charge is -2.18. The lowest BCUT2D eigenvalue weighted by molar-refractivity contribution is -0.167. The van der Waals surface area contributed by atoms with Gasteiger partial charge in [0.15, 0.2) is 6.10 Å². The van der Waals surface area contributed by atoms with Crippen LogP contribution in [0.2, 0.25) is 0 Å². The van der Waals surface area contributed by atoms with E-state index >= 15 is 0 Å². The molecule has 0 bridgehead atoms. The molecule has 0 saturated carbocycles. The molecule has 1 unspecified atom stereocenters. The van der Waals surface area contributed by atoms with Gasteiger partial charge in [-0.2, -0.15) is 0 Å². The number of carbonyl (C=O) groups is 3. The lowest BCUT2D eigenvalue weighted by atomic mass is 10.1. The highest BCUT2D eigenvalue weighted by Crippen LogP contribution is 2.16. The van der Waals surface area contributed by atoms with Crippen LogP contribution in [0.3, 0.4) is 0 Å². The van der Waals surface area contributed by atoms with Gasteiger partial charge in [-0.05, 0) is 109 Å². The summed E-state index contributed by atoms with van der Waals surface area (Å²) in [5.41, 5.74) is 0. The van der Waals surface area contributed by atoms with Gasteiger partial charge in [0.2, 0.25) is 0 Å². The van der Waals surface area contributed by atoms with E-state index in [1.165, 1.54) is 193 Å². The monoisotopic (exact) mass is 1020 g/mol. The minimum Gasteiger partial charge on any atom is -0.462 e. The number of ether oxygens (including phenoxy) is 3. The first-order valence-electron chi connectivity index (χ1n) is 31.4. The van der Waals surface area contributed by atoms with Crippen LogP contribution >= 0.6 is 0 Å². The van der Waals surface area contributed by atoms with Gasteiger partial charge in [-0.3, -0.25) is 14.4 Å². The molecule has 1 atom stereocenters. The molecule has 6 heteroatoms. The fraction of sp³-hybridized carbons (Fsp3) is 0.776.